The summed E-state index contributed by atoms with van der Waals surface area (Å²) in [5.74, 6) is 0. The van der Waals surface area contributed by atoms with E-state index in [2.05, 4.69) is 47.4 Å². The number of hydrogen-bond donors (Lipinski definition) is 0. The predicted octanol–water partition coefficient (Wildman–Crippen LogP) is 10.1. The molecule has 0 radical (unpaired) electrons. The SMILES string of the molecule is CCN(CC)c1ccc([N+]#N)cc1Cl.CCN(CC)c1ccc([N+]#N)cc1Cl.[Cl][Zn-2]([Cl])([Cl])[Cl]. The third-order valence-corrected chi connectivity index (χ3v) is 4.91. The Morgan fingerprint density at radius 1 is 0.667 bits per heavy atom. The third kappa shape index (κ3) is 13.1. The molecule has 2 aromatic carbocycles. The van der Waals surface area contributed by atoms with Crippen LogP contribution in [0.4, 0.5) is 22.7 Å². The summed E-state index contributed by atoms with van der Waals surface area (Å²) in [6.07, 6.45) is 0. The van der Waals surface area contributed by atoms with Crippen molar-refractivity contribution in [2.24, 2.45) is 0 Å². The fraction of sp³-hybridized carbons (Fsp3) is 0.400. The average Bonchev–Trinajstić information content (AvgIpc) is 2.76. The van der Waals surface area contributed by atoms with Gasteiger partial charge in [0, 0.05) is 38.3 Å². The van der Waals surface area contributed by atoms with E-state index in [1.54, 1.807) is 24.3 Å². The van der Waals surface area contributed by atoms with Gasteiger partial charge in [-0.15, -0.1) is 0 Å². The Morgan fingerprint density at radius 2 is 0.939 bits per heavy atom. The fourth-order valence-electron chi connectivity index (χ4n) is 2.76. The molecule has 0 atom stereocenters. The maximum absolute atomic E-state index is 8.56. The Kier molecular flexibility index (Phi) is 16.4. The molecule has 0 aliphatic carbocycles. The van der Waals surface area contributed by atoms with Crippen LogP contribution in [0.3, 0.4) is 0 Å². The van der Waals surface area contributed by atoms with Gasteiger partial charge in [0.2, 0.25) is 10.8 Å². The molecule has 0 fully saturated rings. The van der Waals surface area contributed by atoms with Crippen molar-refractivity contribution in [2.75, 3.05) is 36.0 Å². The van der Waals surface area contributed by atoms with Crippen molar-refractivity contribution in [3.05, 3.63) is 56.4 Å². The van der Waals surface area contributed by atoms with Gasteiger partial charge < -0.3 is 9.80 Å². The second-order valence-corrected chi connectivity index (χ2v) is 35.0. The van der Waals surface area contributed by atoms with Gasteiger partial charge in [0.25, 0.3) is 0 Å². The van der Waals surface area contributed by atoms with Crippen LogP contribution in [0.1, 0.15) is 27.7 Å². The van der Waals surface area contributed by atoms with Crippen LogP contribution in [-0.2, 0) is 10.8 Å². The maximum atomic E-state index is 8.56. The molecule has 180 valence electrons. The summed E-state index contributed by atoms with van der Waals surface area (Å²) in [6, 6.07) is 10.5. The first-order valence-corrected chi connectivity index (χ1v) is 26.7. The Balaban J connectivity index is 0.000000517. The van der Waals surface area contributed by atoms with E-state index >= 15 is 0 Å². The van der Waals surface area contributed by atoms with E-state index in [0.29, 0.717) is 21.4 Å². The van der Waals surface area contributed by atoms with E-state index < -0.39 is 10.8 Å². The van der Waals surface area contributed by atoms with Gasteiger partial charge in [0.1, 0.15) is 0 Å². The zero-order chi connectivity index (χ0) is 25.6. The summed E-state index contributed by atoms with van der Waals surface area (Å²) in [5, 5.41) is 18.3. The van der Waals surface area contributed by atoms with Gasteiger partial charge >= 0.3 is 61.0 Å². The summed E-state index contributed by atoms with van der Waals surface area (Å²) in [7, 11) is 16.8. The average molecular weight is 629 g/mol. The standard InChI is InChI=1S/2C10H13ClN3.4ClH.Zn/c2*1-3-14(4-2)10-6-5-8(13-12)7-9(10)11;;;;;/h2*5-7H,3-4H2,1-2H3;4*1H;/q2*+1;;;;;+2/p-4. The number of rotatable bonds is 6. The first kappa shape index (κ1) is 32.2. The van der Waals surface area contributed by atoms with Gasteiger partial charge in [-0.05, 0) is 39.8 Å². The van der Waals surface area contributed by atoms with Crippen molar-refractivity contribution in [1.82, 2.24) is 0 Å². The second kappa shape index (κ2) is 16.8. The van der Waals surface area contributed by atoms with Crippen LogP contribution in [0, 0.1) is 10.8 Å². The number of nitrogens with zero attached hydrogens (tertiary/aromatic N) is 6. The summed E-state index contributed by atoms with van der Waals surface area (Å²) in [6.45, 7) is 11.9. The molecule has 0 N–H and O–H groups in total. The molecule has 0 spiro atoms. The van der Waals surface area contributed by atoms with E-state index in [1.165, 1.54) is 0 Å². The number of diazo groups is 2. The molecule has 2 rings (SSSR count). The summed E-state index contributed by atoms with van der Waals surface area (Å²) in [5.41, 5.74) is 2.91. The van der Waals surface area contributed by atoms with Crippen LogP contribution >= 0.6 is 62.0 Å². The van der Waals surface area contributed by atoms with Gasteiger partial charge in [-0.25, -0.2) is 0 Å². The molecule has 0 aliphatic heterocycles. The molecule has 0 heterocycles. The molecule has 13 heteroatoms. The van der Waals surface area contributed by atoms with E-state index in [-0.39, 0.29) is 0 Å². The summed E-state index contributed by atoms with van der Waals surface area (Å²) in [4.78, 5) is 10.4. The predicted molar refractivity (Wildman–Crippen MR) is 143 cm³/mol. The first-order chi connectivity index (χ1) is 15.4. The normalized spacial score (nSPS) is 9.94. The van der Waals surface area contributed by atoms with Gasteiger partial charge in [-0.1, -0.05) is 23.2 Å². The van der Waals surface area contributed by atoms with Crippen molar-refractivity contribution < 1.29 is 10.8 Å². The molecule has 0 saturated heterocycles. The number of halogens is 6. The molecular formula is C20H26Cl6N6Zn. The minimum absolute atomic E-state index is 0.478. The van der Waals surface area contributed by atoms with Crippen molar-refractivity contribution in [2.45, 2.75) is 27.7 Å². The summed E-state index contributed by atoms with van der Waals surface area (Å²) >= 11 is 12.1. The molecule has 0 unspecified atom stereocenters. The number of hydrogen-bond acceptors (Lipinski definition) is 4. The second-order valence-electron chi connectivity index (χ2n) is 6.42. The van der Waals surface area contributed by atoms with Crippen LogP contribution in [0.25, 0.3) is 9.95 Å². The fourth-order valence-corrected chi connectivity index (χ4v) is 3.35. The molecule has 0 saturated carbocycles. The molecular weight excluding hydrogens is 602 g/mol. The van der Waals surface area contributed by atoms with Gasteiger partial charge in [0.05, 0.1) is 33.6 Å². The molecule has 0 bridgehead atoms. The topological polar surface area (TPSA) is 62.8 Å². The van der Waals surface area contributed by atoms with E-state index in [9.17, 15) is 0 Å². The van der Waals surface area contributed by atoms with Crippen LogP contribution in [-0.4, -0.2) is 26.2 Å². The number of anilines is 2. The Labute approximate surface area is 224 Å². The van der Waals surface area contributed by atoms with Crippen molar-refractivity contribution in [3.63, 3.8) is 0 Å². The quantitative estimate of drug-likeness (QED) is 0.236. The van der Waals surface area contributed by atoms with Crippen molar-refractivity contribution in [1.29, 1.82) is 10.8 Å². The van der Waals surface area contributed by atoms with Crippen LogP contribution in [0.2, 0.25) is 10.0 Å². The zero-order valence-electron chi connectivity index (χ0n) is 19.0. The Morgan fingerprint density at radius 3 is 1.12 bits per heavy atom. The van der Waals surface area contributed by atoms with Crippen LogP contribution in [0.5, 0.6) is 0 Å². The molecule has 33 heavy (non-hydrogen) atoms. The molecule has 0 aliphatic rings. The minimum atomic E-state index is -3.36. The van der Waals surface area contributed by atoms with Gasteiger partial charge in [0.15, 0.2) is 9.95 Å². The van der Waals surface area contributed by atoms with E-state index in [1.807, 2.05) is 12.1 Å². The monoisotopic (exact) mass is 624 g/mol. The van der Waals surface area contributed by atoms with Crippen LogP contribution in [0.15, 0.2) is 36.4 Å². The summed E-state index contributed by atoms with van der Waals surface area (Å²) < 4.78 is 0. The molecule has 2 aromatic rings. The Hall–Kier alpha value is -0.757. The third-order valence-electron chi connectivity index (χ3n) is 4.30. The van der Waals surface area contributed by atoms with Crippen molar-refractivity contribution in [3.8, 4) is 0 Å². The van der Waals surface area contributed by atoms with E-state index in [4.69, 9.17) is 72.8 Å². The van der Waals surface area contributed by atoms with E-state index in [0.717, 1.165) is 37.6 Å². The molecule has 6 nitrogen and oxygen atoms in total. The van der Waals surface area contributed by atoms with Gasteiger partial charge in [-0.2, -0.15) is 0 Å². The Bertz CT molecular complexity index is 872. The zero-order valence-corrected chi connectivity index (χ0v) is 26.5. The molecule has 0 amide bonds. The number of benzene rings is 2. The van der Waals surface area contributed by atoms with Crippen LogP contribution < -0.4 is 9.80 Å². The van der Waals surface area contributed by atoms with Gasteiger partial charge in [-0.3, -0.25) is 0 Å². The molecule has 0 aromatic heterocycles. The van der Waals surface area contributed by atoms with Crippen molar-refractivity contribution >= 4 is 84.7 Å². The first-order valence-electron chi connectivity index (χ1n) is 10.3.